The van der Waals surface area contributed by atoms with Crippen LogP contribution < -0.4 is 10.1 Å². The Kier molecular flexibility index (Phi) is 6.68. The number of aromatic hydroxyl groups is 1. The van der Waals surface area contributed by atoms with Gasteiger partial charge in [0, 0.05) is 11.9 Å². The van der Waals surface area contributed by atoms with Crippen LogP contribution in [0.15, 0.2) is 52.7 Å². The molecule has 0 atom stereocenters. The van der Waals surface area contributed by atoms with Crippen molar-refractivity contribution in [2.45, 2.75) is 19.9 Å². The van der Waals surface area contributed by atoms with E-state index in [0.717, 1.165) is 11.9 Å². The van der Waals surface area contributed by atoms with Crippen molar-refractivity contribution in [3.8, 4) is 11.6 Å². The number of aromatic nitrogens is 1. The molecule has 1 aromatic heterocycles. The standard InChI is InChI=1S/C21H21ClN4O4/c1-3-10-26-17-9-8-13(30-2)11-15(17)19(21(26)29)25-24-18(27)12-23-20(28)14-6-4-5-7-16(14)22/h4-9,11,29H,3,10,12H2,1-2H3,(H,23,28). The van der Waals surface area contributed by atoms with Crippen LogP contribution in [0.3, 0.4) is 0 Å². The number of carbonyl (C=O) groups is 2. The molecular formula is C21H21ClN4O4. The summed E-state index contributed by atoms with van der Waals surface area (Å²) in [5.74, 6) is -0.659. The fourth-order valence-corrected chi connectivity index (χ4v) is 3.24. The van der Waals surface area contributed by atoms with Crippen molar-refractivity contribution in [1.29, 1.82) is 0 Å². The number of amides is 2. The van der Waals surface area contributed by atoms with E-state index < -0.39 is 11.8 Å². The van der Waals surface area contributed by atoms with Crippen molar-refractivity contribution in [1.82, 2.24) is 9.88 Å². The first-order chi connectivity index (χ1) is 14.5. The fourth-order valence-electron chi connectivity index (χ4n) is 3.02. The molecule has 3 rings (SSSR count). The molecule has 0 aliphatic rings. The van der Waals surface area contributed by atoms with Crippen LogP contribution in [-0.2, 0) is 11.3 Å². The number of hydrogen-bond acceptors (Lipinski definition) is 5. The fraction of sp³-hybridized carbons (Fsp3) is 0.238. The van der Waals surface area contributed by atoms with E-state index in [1.165, 1.54) is 7.11 Å². The summed E-state index contributed by atoms with van der Waals surface area (Å²) < 4.78 is 6.94. The van der Waals surface area contributed by atoms with E-state index in [9.17, 15) is 14.7 Å². The SMILES string of the molecule is CCCn1c(O)c(N=NC(=O)CNC(=O)c2ccccc2Cl)c2cc(OC)ccc21. The van der Waals surface area contributed by atoms with Gasteiger partial charge in [-0.05, 0) is 36.8 Å². The lowest BCUT2D eigenvalue weighted by Gasteiger charge is -2.04. The van der Waals surface area contributed by atoms with Crippen LogP contribution in [0.5, 0.6) is 11.6 Å². The predicted molar refractivity (Wildman–Crippen MR) is 114 cm³/mol. The zero-order chi connectivity index (χ0) is 21.7. The van der Waals surface area contributed by atoms with Gasteiger partial charge in [-0.3, -0.25) is 9.59 Å². The molecule has 9 heteroatoms. The van der Waals surface area contributed by atoms with Crippen LogP contribution in [0.1, 0.15) is 23.7 Å². The summed E-state index contributed by atoms with van der Waals surface area (Å²) in [6.45, 7) is 2.21. The van der Waals surface area contributed by atoms with Gasteiger partial charge in [-0.25, -0.2) is 0 Å². The zero-order valence-electron chi connectivity index (χ0n) is 16.6. The normalized spacial score (nSPS) is 11.2. The molecule has 0 unspecified atom stereocenters. The Morgan fingerprint density at radius 3 is 2.70 bits per heavy atom. The molecule has 2 N–H and O–H groups in total. The number of benzene rings is 2. The summed E-state index contributed by atoms with van der Waals surface area (Å²) >= 11 is 5.97. The molecule has 3 aromatic rings. The number of nitrogens with zero attached hydrogens (tertiary/aromatic N) is 3. The number of rotatable bonds is 7. The van der Waals surface area contributed by atoms with Gasteiger partial charge < -0.3 is 19.7 Å². The Labute approximate surface area is 178 Å². The molecular weight excluding hydrogens is 408 g/mol. The van der Waals surface area contributed by atoms with Gasteiger partial charge >= 0.3 is 0 Å². The second-order valence-electron chi connectivity index (χ2n) is 6.46. The molecule has 0 aliphatic heterocycles. The largest absolute Gasteiger partial charge is 0.497 e. The molecule has 0 bridgehead atoms. The van der Waals surface area contributed by atoms with Crippen molar-refractivity contribution in [2.24, 2.45) is 10.2 Å². The van der Waals surface area contributed by atoms with Crippen molar-refractivity contribution < 1.29 is 19.4 Å². The van der Waals surface area contributed by atoms with E-state index in [1.807, 2.05) is 13.0 Å². The van der Waals surface area contributed by atoms with E-state index in [4.69, 9.17) is 16.3 Å². The highest BCUT2D eigenvalue weighted by Gasteiger charge is 2.18. The highest BCUT2D eigenvalue weighted by Crippen LogP contribution is 2.40. The van der Waals surface area contributed by atoms with E-state index >= 15 is 0 Å². The number of azo groups is 1. The lowest BCUT2D eigenvalue weighted by Crippen LogP contribution is -2.28. The van der Waals surface area contributed by atoms with Gasteiger partial charge in [0.05, 0.1) is 23.2 Å². The third kappa shape index (κ3) is 4.44. The molecule has 0 saturated heterocycles. The topological polar surface area (TPSA) is 105 Å². The smallest absolute Gasteiger partial charge is 0.283 e. The molecule has 2 aromatic carbocycles. The molecule has 0 spiro atoms. The summed E-state index contributed by atoms with van der Waals surface area (Å²) in [5.41, 5.74) is 1.18. The monoisotopic (exact) mass is 428 g/mol. The van der Waals surface area contributed by atoms with Crippen LogP contribution >= 0.6 is 11.6 Å². The van der Waals surface area contributed by atoms with Gasteiger partial charge in [-0.15, -0.1) is 10.2 Å². The first-order valence-electron chi connectivity index (χ1n) is 9.32. The van der Waals surface area contributed by atoms with Crippen LogP contribution in [-0.4, -0.2) is 35.1 Å². The minimum Gasteiger partial charge on any atom is -0.497 e. The number of carbonyl (C=O) groups excluding carboxylic acids is 2. The highest BCUT2D eigenvalue weighted by molar-refractivity contribution is 6.33. The Hall–Kier alpha value is -3.39. The zero-order valence-corrected chi connectivity index (χ0v) is 17.3. The molecule has 0 radical (unpaired) electrons. The van der Waals surface area contributed by atoms with Crippen molar-refractivity contribution in [3.05, 3.63) is 53.1 Å². The summed E-state index contributed by atoms with van der Waals surface area (Å²) in [7, 11) is 1.54. The Bertz CT molecular complexity index is 1120. The maximum atomic E-state index is 12.1. The minimum atomic E-state index is -0.672. The number of nitrogens with one attached hydrogen (secondary N) is 1. The Balaban J connectivity index is 1.79. The predicted octanol–water partition coefficient (Wildman–Crippen LogP) is 4.46. The number of ether oxygens (including phenoxy) is 1. The second-order valence-corrected chi connectivity index (χ2v) is 6.87. The van der Waals surface area contributed by atoms with E-state index in [0.29, 0.717) is 17.7 Å². The van der Waals surface area contributed by atoms with E-state index in [-0.39, 0.29) is 28.7 Å². The van der Waals surface area contributed by atoms with Gasteiger partial charge in [0.1, 0.15) is 12.3 Å². The first kappa shape index (κ1) is 21.3. The summed E-state index contributed by atoms with van der Waals surface area (Å²) in [4.78, 5) is 24.3. The Morgan fingerprint density at radius 2 is 2.00 bits per heavy atom. The molecule has 0 saturated carbocycles. The quantitative estimate of drug-likeness (QED) is 0.542. The lowest BCUT2D eigenvalue weighted by molar-refractivity contribution is -0.117. The second kappa shape index (κ2) is 9.41. The number of hydrogen-bond donors (Lipinski definition) is 2. The van der Waals surface area contributed by atoms with E-state index in [2.05, 4.69) is 15.5 Å². The molecule has 0 fully saturated rings. The lowest BCUT2D eigenvalue weighted by atomic mass is 10.2. The van der Waals surface area contributed by atoms with Crippen LogP contribution in [0.2, 0.25) is 5.02 Å². The van der Waals surface area contributed by atoms with E-state index in [1.54, 1.807) is 41.0 Å². The van der Waals surface area contributed by atoms with Gasteiger partial charge in [-0.1, -0.05) is 30.7 Å². The van der Waals surface area contributed by atoms with Gasteiger partial charge in [0.25, 0.3) is 11.8 Å². The number of halogens is 1. The third-order valence-corrected chi connectivity index (χ3v) is 4.77. The van der Waals surface area contributed by atoms with Crippen LogP contribution in [0.4, 0.5) is 5.69 Å². The van der Waals surface area contributed by atoms with Gasteiger partial charge in [-0.2, -0.15) is 0 Å². The van der Waals surface area contributed by atoms with Crippen LogP contribution in [0, 0.1) is 0 Å². The maximum absolute atomic E-state index is 12.1. The number of methoxy groups -OCH3 is 1. The first-order valence-corrected chi connectivity index (χ1v) is 9.70. The third-order valence-electron chi connectivity index (χ3n) is 4.44. The average molecular weight is 429 g/mol. The molecule has 30 heavy (non-hydrogen) atoms. The number of fused-ring (bicyclic) bond motifs is 1. The molecule has 1 heterocycles. The minimum absolute atomic E-state index is 0.0863. The van der Waals surface area contributed by atoms with Crippen LogP contribution in [0.25, 0.3) is 10.9 Å². The Morgan fingerprint density at radius 1 is 1.23 bits per heavy atom. The van der Waals surface area contributed by atoms with Crippen molar-refractivity contribution >= 4 is 40.0 Å². The van der Waals surface area contributed by atoms with Crippen molar-refractivity contribution in [2.75, 3.05) is 13.7 Å². The molecule has 8 nitrogen and oxygen atoms in total. The summed E-state index contributed by atoms with van der Waals surface area (Å²) in [5, 5.41) is 21.5. The maximum Gasteiger partial charge on any atom is 0.283 e. The number of aryl methyl sites for hydroxylation is 1. The summed E-state index contributed by atoms with van der Waals surface area (Å²) in [6.07, 6.45) is 0.799. The van der Waals surface area contributed by atoms with Gasteiger partial charge in [0.15, 0.2) is 5.69 Å². The molecule has 2 amide bonds. The van der Waals surface area contributed by atoms with Crippen molar-refractivity contribution in [3.63, 3.8) is 0 Å². The highest BCUT2D eigenvalue weighted by atomic mass is 35.5. The molecule has 156 valence electrons. The molecule has 0 aliphatic carbocycles. The summed E-state index contributed by atoms with van der Waals surface area (Å²) in [6, 6.07) is 11.8. The van der Waals surface area contributed by atoms with Gasteiger partial charge in [0.2, 0.25) is 5.88 Å². The average Bonchev–Trinajstić information content (AvgIpc) is 3.01.